The van der Waals surface area contributed by atoms with E-state index in [0.717, 1.165) is 12.8 Å². The molecule has 0 spiro atoms. The summed E-state index contributed by atoms with van der Waals surface area (Å²) in [6, 6.07) is 11.0. The van der Waals surface area contributed by atoms with Gasteiger partial charge in [-0.3, -0.25) is 0 Å². The van der Waals surface area contributed by atoms with Crippen LogP contribution in [0.3, 0.4) is 0 Å². The Morgan fingerprint density at radius 1 is 1.12 bits per heavy atom. The van der Waals surface area contributed by atoms with E-state index < -0.39 is 24.0 Å². The normalized spacial score (nSPS) is 25.5. The summed E-state index contributed by atoms with van der Waals surface area (Å²) >= 11 is -2.35. The van der Waals surface area contributed by atoms with Crippen LogP contribution in [0.15, 0.2) is 30.3 Å². The number of ether oxygens (including phenoxy) is 1. The van der Waals surface area contributed by atoms with Crippen molar-refractivity contribution in [2.75, 3.05) is 0 Å². The fourth-order valence-electron chi connectivity index (χ4n) is 3.70. The van der Waals surface area contributed by atoms with Crippen molar-refractivity contribution in [2.45, 2.75) is 77.0 Å². The summed E-state index contributed by atoms with van der Waals surface area (Å²) in [4.78, 5) is 22.2. The molecule has 1 saturated heterocycles. The summed E-state index contributed by atoms with van der Waals surface area (Å²) in [7, 11) is 0. The Balaban J connectivity index is 2.27. The van der Waals surface area contributed by atoms with Crippen molar-refractivity contribution in [3.8, 4) is 0 Å². The number of nitrogens with zero attached hydrogens (tertiary/aromatic N) is 1. The Kier molecular flexibility index (Phi) is 5.94. The number of benzene rings is 1. The van der Waals surface area contributed by atoms with E-state index in [1.807, 2.05) is 20.8 Å². The average Bonchev–Trinajstić information content (AvgIpc) is 2.44. The van der Waals surface area contributed by atoms with Gasteiger partial charge in [-0.15, -0.1) is 0 Å². The Morgan fingerprint density at radius 3 is 2.21 bits per heavy atom. The van der Waals surface area contributed by atoms with Gasteiger partial charge in [0, 0.05) is 0 Å². The van der Waals surface area contributed by atoms with Gasteiger partial charge in [-0.25, -0.2) is 0 Å². The van der Waals surface area contributed by atoms with Gasteiger partial charge < -0.3 is 0 Å². The number of hydrogen-bond donors (Lipinski definition) is 0. The molecule has 0 bridgehead atoms. The molecule has 1 heterocycles. The van der Waals surface area contributed by atoms with Gasteiger partial charge in [0.1, 0.15) is 0 Å². The minimum atomic E-state index is -2.35. The average molecular weight is 438 g/mol. The van der Waals surface area contributed by atoms with Crippen LogP contribution >= 0.6 is 0 Å². The molecular weight excluding hydrogens is 405 g/mol. The van der Waals surface area contributed by atoms with Crippen molar-refractivity contribution in [3.63, 3.8) is 0 Å². The summed E-state index contributed by atoms with van der Waals surface area (Å²) in [5.74, 6) is 0.542. The van der Waals surface area contributed by atoms with E-state index in [4.69, 9.17) is 4.74 Å². The zero-order valence-electron chi connectivity index (χ0n) is 16.3. The van der Waals surface area contributed by atoms with Crippen LogP contribution in [-0.4, -0.2) is 45.1 Å². The van der Waals surface area contributed by atoms with Crippen molar-refractivity contribution in [2.24, 2.45) is 0 Å². The molecule has 0 aromatic heterocycles. The second-order valence-corrected chi connectivity index (χ2v) is 24.6. The van der Waals surface area contributed by atoms with Crippen LogP contribution in [0.1, 0.15) is 52.0 Å². The first-order valence-electron chi connectivity index (χ1n) is 9.05. The fraction of sp³-hybridized carbons (Fsp3) is 0.650. The van der Waals surface area contributed by atoms with Crippen molar-refractivity contribution >= 4 is 24.5 Å². The number of rotatable bonds is 2. The van der Waals surface area contributed by atoms with Gasteiger partial charge in [-0.05, 0) is 0 Å². The monoisotopic (exact) mass is 439 g/mol. The van der Waals surface area contributed by atoms with Crippen LogP contribution in [0, 0.1) is 0 Å². The second-order valence-electron chi connectivity index (χ2n) is 9.20. The molecule has 4 heteroatoms. The zero-order chi connectivity index (χ0) is 18.1. The fourth-order valence-corrected chi connectivity index (χ4v) is 9.94. The maximum absolute atomic E-state index is 12.9. The van der Waals surface area contributed by atoms with Gasteiger partial charge in [0.2, 0.25) is 0 Å². The molecule has 0 N–H and O–H groups in total. The van der Waals surface area contributed by atoms with E-state index >= 15 is 0 Å². The van der Waals surface area contributed by atoms with Crippen molar-refractivity contribution in [1.29, 1.82) is 0 Å². The number of piperidine rings is 1. The molecule has 0 saturated carbocycles. The number of carbonyl (C=O) groups is 1. The van der Waals surface area contributed by atoms with Crippen molar-refractivity contribution < 1.29 is 9.53 Å². The van der Waals surface area contributed by atoms with Gasteiger partial charge in [0.05, 0.1) is 0 Å². The third kappa shape index (κ3) is 4.90. The Morgan fingerprint density at radius 2 is 1.71 bits per heavy atom. The first-order chi connectivity index (χ1) is 11.0. The van der Waals surface area contributed by atoms with E-state index in [2.05, 4.69) is 57.0 Å². The maximum atomic E-state index is 12.9. The van der Waals surface area contributed by atoms with Crippen molar-refractivity contribution in [3.05, 3.63) is 35.9 Å². The molecule has 1 amide bonds. The quantitative estimate of drug-likeness (QED) is 0.576. The van der Waals surface area contributed by atoms with Gasteiger partial charge in [-0.1, -0.05) is 0 Å². The molecule has 1 fully saturated rings. The molecule has 134 valence electrons. The standard InChI is InChI=1S/C17H24NO2.3CH3.Sn/c1-13-12-15(14-8-6-5-7-9-14)10-11-18(13)16(19)20-17(2,3)4;;;;/h5-9,11,13,15H,10,12H2,1-4H3;3*1H3;/t13-,15-;;;;/m0..../s1. The second kappa shape index (κ2) is 7.26. The summed E-state index contributed by atoms with van der Waals surface area (Å²) in [6.07, 6.45) is 1.97. The molecule has 1 aromatic rings. The molecule has 1 aliphatic rings. The summed E-state index contributed by atoms with van der Waals surface area (Å²) in [5, 5.41) is 0. The van der Waals surface area contributed by atoms with Gasteiger partial charge >= 0.3 is 152 Å². The van der Waals surface area contributed by atoms with Crippen LogP contribution < -0.4 is 0 Å². The molecule has 1 aromatic carbocycles. The molecule has 24 heavy (non-hydrogen) atoms. The molecule has 0 unspecified atom stereocenters. The van der Waals surface area contributed by atoms with Gasteiger partial charge in [0.25, 0.3) is 0 Å². The van der Waals surface area contributed by atoms with E-state index in [-0.39, 0.29) is 12.1 Å². The minimum absolute atomic E-state index is 0.127. The van der Waals surface area contributed by atoms with Crippen LogP contribution in [0.5, 0.6) is 0 Å². The van der Waals surface area contributed by atoms with E-state index in [1.54, 1.807) is 0 Å². The third-order valence-corrected chi connectivity index (χ3v) is 12.0. The zero-order valence-corrected chi connectivity index (χ0v) is 19.2. The van der Waals surface area contributed by atoms with E-state index in [1.165, 1.54) is 5.56 Å². The molecule has 3 atom stereocenters. The predicted octanol–water partition coefficient (Wildman–Crippen LogP) is 5.44. The summed E-state index contributed by atoms with van der Waals surface area (Å²) in [5.41, 5.74) is 0.971. The number of amides is 1. The number of hydrogen-bond acceptors (Lipinski definition) is 2. The molecule has 0 radical (unpaired) electrons. The molecule has 0 aliphatic carbocycles. The van der Waals surface area contributed by atoms with Crippen LogP contribution in [0.4, 0.5) is 4.79 Å². The Labute approximate surface area is 151 Å². The van der Waals surface area contributed by atoms with Crippen LogP contribution in [0.25, 0.3) is 0 Å². The van der Waals surface area contributed by atoms with Crippen molar-refractivity contribution in [1.82, 2.24) is 4.90 Å². The Bertz CT molecular complexity index is 559. The molecule has 3 nitrogen and oxygen atoms in total. The number of likely N-dealkylation sites (tertiary alicyclic amines) is 1. The topological polar surface area (TPSA) is 29.5 Å². The summed E-state index contributed by atoms with van der Waals surface area (Å²) in [6.45, 7) is 8.02. The molecule has 1 aliphatic heterocycles. The molecule has 2 rings (SSSR count). The van der Waals surface area contributed by atoms with Crippen LogP contribution in [-0.2, 0) is 4.74 Å². The summed E-state index contributed by atoms with van der Waals surface area (Å²) < 4.78 is 6.11. The van der Waals surface area contributed by atoms with Gasteiger partial charge in [-0.2, -0.15) is 0 Å². The predicted molar refractivity (Wildman–Crippen MR) is 103 cm³/mol. The molecular formula is C20H33NO2Sn. The SMILES string of the molecule is C[C@H]1C[C@@H](c2ccccc2)C[C@H]([Sn]([CH3])([CH3])[CH3])N1C(=O)OC(C)(C)C. The first-order valence-corrected chi connectivity index (χ1v) is 19.3. The number of carbonyl (C=O) groups excluding carboxylic acids is 1. The van der Waals surface area contributed by atoms with E-state index in [9.17, 15) is 4.79 Å². The van der Waals surface area contributed by atoms with Gasteiger partial charge in [0.15, 0.2) is 0 Å². The third-order valence-electron chi connectivity index (χ3n) is 4.82. The van der Waals surface area contributed by atoms with Crippen LogP contribution in [0.2, 0.25) is 14.8 Å². The van der Waals surface area contributed by atoms with E-state index in [0.29, 0.717) is 9.98 Å². The Hall–Kier alpha value is -0.711. The first kappa shape index (κ1) is 19.6.